The summed E-state index contributed by atoms with van der Waals surface area (Å²) < 4.78 is 13.2. The predicted octanol–water partition coefficient (Wildman–Crippen LogP) is 3.10. The molecule has 1 heterocycles. The number of hydrogen-bond acceptors (Lipinski definition) is 2. The summed E-state index contributed by atoms with van der Waals surface area (Å²) >= 11 is 0. The predicted molar refractivity (Wildman–Crippen MR) is 75.5 cm³/mol. The van der Waals surface area contributed by atoms with Crippen LogP contribution in [0.1, 0.15) is 44.7 Å². The quantitative estimate of drug-likeness (QED) is 0.897. The van der Waals surface area contributed by atoms with Crippen molar-refractivity contribution in [2.45, 2.75) is 57.3 Å². The van der Waals surface area contributed by atoms with E-state index in [1.54, 1.807) is 12.1 Å². The van der Waals surface area contributed by atoms with Gasteiger partial charge >= 0.3 is 0 Å². The molecule has 1 aromatic carbocycles. The lowest BCUT2D eigenvalue weighted by Gasteiger charge is -2.21. The number of likely N-dealkylation sites (tertiary alicyclic amines) is 1. The Morgan fingerprint density at radius 3 is 2.84 bits per heavy atom. The van der Waals surface area contributed by atoms with Crippen LogP contribution in [0.25, 0.3) is 0 Å². The molecule has 0 amide bonds. The van der Waals surface area contributed by atoms with Crippen molar-refractivity contribution in [3.05, 3.63) is 35.6 Å². The smallest absolute Gasteiger partial charge is 0.123 e. The summed E-state index contributed by atoms with van der Waals surface area (Å²) in [6.45, 7) is 5.59. The zero-order valence-electron chi connectivity index (χ0n) is 11.8. The van der Waals surface area contributed by atoms with E-state index in [4.69, 9.17) is 0 Å². The average molecular weight is 262 g/mol. The summed E-state index contributed by atoms with van der Waals surface area (Å²) in [6, 6.07) is 9.20. The van der Waals surface area contributed by atoms with Crippen molar-refractivity contribution in [3.8, 4) is 0 Å². The first-order chi connectivity index (χ1) is 9.13. The Labute approximate surface area is 115 Å². The minimum absolute atomic E-state index is 0.148. The van der Waals surface area contributed by atoms with E-state index in [1.165, 1.54) is 25.3 Å². The maximum atomic E-state index is 13.2. The van der Waals surface area contributed by atoms with Crippen LogP contribution >= 0.6 is 0 Å². The highest BCUT2D eigenvalue weighted by Crippen LogP contribution is 2.33. The molecule has 2 aliphatic rings. The fourth-order valence-corrected chi connectivity index (χ4v) is 3.32. The van der Waals surface area contributed by atoms with E-state index in [9.17, 15) is 4.39 Å². The highest BCUT2D eigenvalue weighted by Gasteiger charge is 2.38. The summed E-state index contributed by atoms with van der Waals surface area (Å²) in [7, 11) is 0. The van der Waals surface area contributed by atoms with Crippen molar-refractivity contribution >= 4 is 0 Å². The van der Waals surface area contributed by atoms with Crippen LogP contribution in [0, 0.1) is 5.82 Å². The van der Waals surface area contributed by atoms with Crippen molar-refractivity contribution in [2.75, 3.05) is 6.54 Å². The minimum Gasteiger partial charge on any atom is -0.306 e. The molecule has 0 bridgehead atoms. The van der Waals surface area contributed by atoms with Crippen molar-refractivity contribution in [1.82, 2.24) is 10.2 Å². The van der Waals surface area contributed by atoms with Gasteiger partial charge in [-0.1, -0.05) is 12.1 Å². The second-order valence-electron chi connectivity index (χ2n) is 6.15. The summed E-state index contributed by atoms with van der Waals surface area (Å²) in [5, 5.41) is 3.66. The normalized spacial score (nSPS) is 29.6. The van der Waals surface area contributed by atoms with Crippen LogP contribution in [0.15, 0.2) is 24.3 Å². The Hall–Kier alpha value is -0.930. The molecule has 19 heavy (non-hydrogen) atoms. The van der Waals surface area contributed by atoms with E-state index < -0.39 is 0 Å². The number of rotatable bonds is 4. The van der Waals surface area contributed by atoms with Crippen LogP contribution in [-0.2, 0) is 0 Å². The third-order valence-electron chi connectivity index (χ3n) is 4.47. The number of nitrogens with zero attached hydrogens (tertiary/aromatic N) is 1. The molecule has 104 valence electrons. The Bertz CT molecular complexity index is 444. The first-order valence-electron chi connectivity index (χ1n) is 7.40. The van der Waals surface area contributed by atoms with Gasteiger partial charge < -0.3 is 5.32 Å². The van der Waals surface area contributed by atoms with Crippen molar-refractivity contribution < 1.29 is 4.39 Å². The molecule has 1 saturated heterocycles. The van der Waals surface area contributed by atoms with Crippen LogP contribution in [0.4, 0.5) is 4.39 Å². The number of hydrogen-bond donors (Lipinski definition) is 1. The number of nitrogens with one attached hydrogen (secondary N) is 1. The zero-order valence-corrected chi connectivity index (χ0v) is 11.8. The molecule has 0 spiro atoms. The van der Waals surface area contributed by atoms with Gasteiger partial charge in [-0.2, -0.15) is 0 Å². The standard InChI is InChI=1S/C16H23FN2/c1-11-8-15(10-19(11)16-6-7-16)18-12(2)13-4-3-5-14(17)9-13/h3-5,9,11-12,15-16,18H,6-8,10H2,1-2H3/t11?,12-,15?/m1/s1. The first-order valence-corrected chi connectivity index (χ1v) is 7.40. The molecule has 1 aromatic rings. The third-order valence-corrected chi connectivity index (χ3v) is 4.47. The van der Waals surface area contributed by atoms with Gasteiger partial charge in [-0.3, -0.25) is 4.90 Å². The summed E-state index contributed by atoms with van der Waals surface area (Å²) in [5.74, 6) is -0.148. The molecular weight excluding hydrogens is 239 g/mol. The number of benzene rings is 1. The van der Waals surface area contributed by atoms with Crippen LogP contribution in [0.3, 0.4) is 0 Å². The van der Waals surface area contributed by atoms with Crippen molar-refractivity contribution in [1.29, 1.82) is 0 Å². The molecule has 2 nitrogen and oxygen atoms in total. The Morgan fingerprint density at radius 2 is 2.16 bits per heavy atom. The SMILES string of the molecule is CC1CC(N[C@H](C)c2cccc(F)c2)CN1C1CC1. The molecule has 1 aliphatic carbocycles. The van der Waals surface area contributed by atoms with Gasteiger partial charge in [-0.05, 0) is 50.8 Å². The highest BCUT2D eigenvalue weighted by molar-refractivity contribution is 5.19. The van der Waals surface area contributed by atoms with Gasteiger partial charge in [-0.25, -0.2) is 4.39 Å². The largest absolute Gasteiger partial charge is 0.306 e. The average Bonchev–Trinajstić information content (AvgIpc) is 3.14. The lowest BCUT2D eigenvalue weighted by molar-refractivity contribution is 0.254. The fraction of sp³-hybridized carbons (Fsp3) is 0.625. The molecule has 0 radical (unpaired) electrons. The van der Waals surface area contributed by atoms with Gasteiger partial charge in [0.25, 0.3) is 0 Å². The van der Waals surface area contributed by atoms with E-state index in [-0.39, 0.29) is 11.9 Å². The maximum absolute atomic E-state index is 13.2. The Morgan fingerprint density at radius 1 is 1.37 bits per heavy atom. The van der Waals surface area contributed by atoms with Gasteiger partial charge in [0.15, 0.2) is 0 Å². The van der Waals surface area contributed by atoms with Gasteiger partial charge in [0.05, 0.1) is 0 Å². The van der Waals surface area contributed by atoms with Crippen LogP contribution in [-0.4, -0.2) is 29.6 Å². The third kappa shape index (κ3) is 2.98. The molecular formula is C16H23FN2. The van der Waals surface area contributed by atoms with E-state index in [0.29, 0.717) is 12.1 Å². The summed E-state index contributed by atoms with van der Waals surface area (Å²) in [5.41, 5.74) is 1.04. The molecule has 1 aliphatic heterocycles. The van der Waals surface area contributed by atoms with E-state index in [0.717, 1.165) is 18.2 Å². The van der Waals surface area contributed by atoms with Crippen LogP contribution in [0.2, 0.25) is 0 Å². The van der Waals surface area contributed by atoms with Gasteiger partial charge in [-0.15, -0.1) is 0 Å². The summed E-state index contributed by atoms with van der Waals surface area (Å²) in [4.78, 5) is 2.63. The first kappa shape index (κ1) is 13.1. The molecule has 3 atom stereocenters. The Balaban J connectivity index is 1.59. The van der Waals surface area contributed by atoms with Gasteiger partial charge in [0, 0.05) is 30.7 Å². The van der Waals surface area contributed by atoms with Gasteiger partial charge in [0.2, 0.25) is 0 Å². The second kappa shape index (κ2) is 5.22. The van der Waals surface area contributed by atoms with Crippen LogP contribution < -0.4 is 5.32 Å². The minimum atomic E-state index is -0.148. The molecule has 0 aromatic heterocycles. The fourth-order valence-electron chi connectivity index (χ4n) is 3.32. The topological polar surface area (TPSA) is 15.3 Å². The van der Waals surface area contributed by atoms with Crippen LogP contribution in [0.5, 0.6) is 0 Å². The molecule has 2 unspecified atom stereocenters. The molecule has 3 rings (SSSR count). The molecule has 1 saturated carbocycles. The highest BCUT2D eigenvalue weighted by atomic mass is 19.1. The molecule has 3 heteroatoms. The van der Waals surface area contributed by atoms with E-state index >= 15 is 0 Å². The summed E-state index contributed by atoms with van der Waals surface area (Å²) in [6.07, 6.45) is 3.95. The van der Waals surface area contributed by atoms with E-state index in [2.05, 4.69) is 24.1 Å². The molecule has 2 fully saturated rings. The lowest BCUT2D eigenvalue weighted by atomic mass is 10.1. The van der Waals surface area contributed by atoms with Crippen molar-refractivity contribution in [3.63, 3.8) is 0 Å². The lowest BCUT2D eigenvalue weighted by Crippen LogP contribution is -2.35. The van der Waals surface area contributed by atoms with Crippen molar-refractivity contribution in [2.24, 2.45) is 0 Å². The van der Waals surface area contributed by atoms with Gasteiger partial charge in [0.1, 0.15) is 5.82 Å². The Kier molecular flexibility index (Phi) is 3.59. The second-order valence-corrected chi connectivity index (χ2v) is 6.15. The zero-order chi connectivity index (χ0) is 13.4. The van der Waals surface area contributed by atoms with E-state index in [1.807, 2.05) is 6.07 Å². The number of halogens is 1. The maximum Gasteiger partial charge on any atom is 0.123 e. The monoisotopic (exact) mass is 262 g/mol. The molecule has 1 N–H and O–H groups in total.